The molecule has 0 unspecified atom stereocenters. The minimum Gasteiger partial charge on any atom is -0.493 e. The largest absolute Gasteiger partial charge is 0.493 e. The van der Waals surface area contributed by atoms with Gasteiger partial charge in [-0.15, -0.1) is 0 Å². The second-order valence-corrected chi connectivity index (χ2v) is 7.10. The van der Waals surface area contributed by atoms with Gasteiger partial charge in [0.2, 0.25) is 0 Å². The summed E-state index contributed by atoms with van der Waals surface area (Å²) in [7, 11) is 1.60. The van der Waals surface area contributed by atoms with Gasteiger partial charge < -0.3 is 19.5 Å². The first-order valence-electron chi connectivity index (χ1n) is 8.76. The highest BCUT2D eigenvalue weighted by molar-refractivity contribution is 6.35. The average molecular weight is 433 g/mol. The summed E-state index contributed by atoms with van der Waals surface area (Å²) in [4.78, 5) is 0. The Bertz CT molecular complexity index is 741. The molecule has 0 aromatic heterocycles. The minimum absolute atomic E-state index is 0.289. The Morgan fingerprint density at radius 2 is 1.74 bits per heavy atom. The number of hydrogen-bond acceptors (Lipinski definition) is 4. The first-order chi connectivity index (χ1) is 13.0. The molecule has 0 saturated carbocycles. The summed E-state index contributed by atoms with van der Waals surface area (Å²) in [6.07, 6.45) is 0.950. The van der Waals surface area contributed by atoms with E-state index in [0.717, 1.165) is 37.3 Å². The van der Waals surface area contributed by atoms with Crippen molar-refractivity contribution in [3.8, 4) is 11.5 Å². The minimum atomic E-state index is 0.289. The van der Waals surface area contributed by atoms with Crippen LogP contribution in [0.1, 0.15) is 24.5 Å². The first kappa shape index (κ1) is 22.1. The quantitative estimate of drug-likeness (QED) is 0.459. The lowest BCUT2D eigenvalue weighted by atomic mass is 10.2. The molecule has 148 valence electrons. The smallest absolute Gasteiger partial charge is 0.163 e. The van der Waals surface area contributed by atoms with E-state index >= 15 is 0 Å². The highest BCUT2D eigenvalue weighted by Crippen LogP contribution is 2.34. The zero-order valence-electron chi connectivity index (χ0n) is 15.5. The average Bonchev–Trinajstić information content (AvgIpc) is 2.65. The second kappa shape index (κ2) is 11.6. The summed E-state index contributed by atoms with van der Waals surface area (Å²) >= 11 is 18.5. The number of halogens is 3. The van der Waals surface area contributed by atoms with Gasteiger partial charge in [-0.2, -0.15) is 0 Å². The normalized spacial score (nSPS) is 10.9. The number of hydrogen-bond donors (Lipinski definition) is 1. The molecule has 0 bridgehead atoms. The summed E-state index contributed by atoms with van der Waals surface area (Å²) < 4.78 is 16.6. The Balaban J connectivity index is 1.98. The molecular weight excluding hydrogens is 409 g/mol. The third kappa shape index (κ3) is 7.05. The predicted molar refractivity (Wildman–Crippen MR) is 112 cm³/mol. The number of benzene rings is 2. The standard InChI is InChI=1S/C20H24Cl3NO3/c1-3-26-8-4-7-24-12-15-9-19(25-2)20(11-18(15)23)27-13-14-5-6-16(21)10-17(14)22/h5-6,9-11,24H,3-4,7-8,12-13H2,1-2H3. The predicted octanol–water partition coefficient (Wildman–Crippen LogP) is 5.75. The molecule has 0 aliphatic heterocycles. The molecule has 0 heterocycles. The Labute approximate surface area is 175 Å². The molecular formula is C20H24Cl3NO3. The maximum Gasteiger partial charge on any atom is 0.163 e. The Kier molecular flexibility index (Phi) is 9.52. The molecule has 2 aromatic rings. The Morgan fingerprint density at radius 1 is 0.963 bits per heavy atom. The van der Waals surface area contributed by atoms with Crippen LogP contribution in [0.4, 0.5) is 0 Å². The van der Waals surface area contributed by atoms with Crippen LogP contribution in [0.25, 0.3) is 0 Å². The van der Waals surface area contributed by atoms with Gasteiger partial charge in [-0.1, -0.05) is 40.9 Å². The number of methoxy groups -OCH3 is 1. The highest BCUT2D eigenvalue weighted by Gasteiger charge is 2.12. The molecule has 0 aliphatic rings. The molecule has 0 atom stereocenters. The molecule has 27 heavy (non-hydrogen) atoms. The van der Waals surface area contributed by atoms with Crippen LogP contribution in [0.5, 0.6) is 11.5 Å². The zero-order chi connectivity index (χ0) is 19.6. The van der Waals surface area contributed by atoms with E-state index in [1.54, 1.807) is 25.3 Å². The number of ether oxygens (including phenoxy) is 3. The van der Waals surface area contributed by atoms with Gasteiger partial charge in [0.1, 0.15) is 6.61 Å². The van der Waals surface area contributed by atoms with E-state index < -0.39 is 0 Å². The number of rotatable bonds is 11. The van der Waals surface area contributed by atoms with Crippen LogP contribution < -0.4 is 14.8 Å². The van der Waals surface area contributed by atoms with Gasteiger partial charge in [0, 0.05) is 46.5 Å². The van der Waals surface area contributed by atoms with Gasteiger partial charge in [-0.3, -0.25) is 0 Å². The van der Waals surface area contributed by atoms with E-state index in [0.29, 0.717) is 33.1 Å². The van der Waals surface area contributed by atoms with Crippen LogP contribution in [0.2, 0.25) is 15.1 Å². The van der Waals surface area contributed by atoms with Gasteiger partial charge in [-0.05, 0) is 43.7 Å². The maximum absolute atomic E-state index is 6.41. The zero-order valence-corrected chi connectivity index (χ0v) is 17.8. The van der Waals surface area contributed by atoms with Crippen molar-refractivity contribution in [1.82, 2.24) is 5.32 Å². The van der Waals surface area contributed by atoms with Gasteiger partial charge >= 0.3 is 0 Å². The SMILES string of the molecule is CCOCCCNCc1cc(OC)c(OCc2ccc(Cl)cc2Cl)cc1Cl. The van der Waals surface area contributed by atoms with Crippen LogP contribution in [-0.4, -0.2) is 26.9 Å². The van der Waals surface area contributed by atoms with Gasteiger partial charge in [0.05, 0.1) is 7.11 Å². The van der Waals surface area contributed by atoms with Crippen molar-refractivity contribution >= 4 is 34.8 Å². The van der Waals surface area contributed by atoms with Gasteiger partial charge in [0.25, 0.3) is 0 Å². The third-order valence-electron chi connectivity index (χ3n) is 3.89. The Morgan fingerprint density at radius 3 is 2.44 bits per heavy atom. The lowest BCUT2D eigenvalue weighted by Crippen LogP contribution is -2.16. The van der Waals surface area contributed by atoms with E-state index in [9.17, 15) is 0 Å². The van der Waals surface area contributed by atoms with E-state index in [-0.39, 0.29) is 6.61 Å². The fraction of sp³-hybridized carbons (Fsp3) is 0.400. The summed E-state index contributed by atoms with van der Waals surface area (Å²) in [5.74, 6) is 1.18. The lowest BCUT2D eigenvalue weighted by Gasteiger charge is -2.15. The molecule has 2 aromatic carbocycles. The summed E-state index contributed by atoms with van der Waals surface area (Å²) in [6, 6.07) is 8.94. The third-order valence-corrected chi connectivity index (χ3v) is 4.83. The molecule has 0 saturated heterocycles. The second-order valence-electron chi connectivity index (χ2n) is 5.85. The first-order valence-corrected chi connectivity index (χ1v) is 9.90. The van der Waals surface area contributed by atoms with Crippen molar-refractivity contribution < 1.29 is 14.2 Å². The van der Waals surface area contributed by atoms with Crippen molar-refractivity contribution in [2.24, 2.45) is 0 Å². The molecule has 0 amide bonds. The van der Waals surface area contributed by atoms with Crippen molar-refractivity contribution in [2.75, 3.05) is 26.9 Å². The molecule has 7 heteroatoms. The van der Waals surface area contributed by atoms with Crippen LogP contribution in [0.15, 0.2) is 30.3 Å². The van der Waals surface area contributed by atoms with E-state index in [4.69, 9.17) is 49.0 Å². The van der Waals surface area contributed by atoms with Crippen molar-refractivity contribution in [2.45, 2.75) is 26.5 Å². The maximum atomic E-state index is 6.41. The van der Waals surface area contributed by atoms with E-state index in [2.05, 4.69) is 5.32 Å². The van der Waals surface area contributed by atoms with Gasteiger partial charge in [-0.25, -0.2) is 0 Å². The number of nitrogens with one attached hydrogen (secondary N) is 1. The molecule has 0 fully saturated rings. The topological polar surface area (TPSA) is 39.7 Å². The molecule has 2 rings (SSSR count). The van der Waals surface area contributed by atoms with Crippen molar-refractivity contribution in [3.63, 3.8) is 0 Å². The van der Waals surface area contributed by atoms with Crippen LogP contribution in [0, 0.1) is 0 Å². The van der Waals surface area contributed by atoms with Crippen LogP contribution >= 0.6 is 34.8 Å². The van der Waals surface area contributed by atoms with Crippen molar-refractivity contribution in [3.05, 3.63) is 56.5 Å². The highest BCUT2D eigenvalue weighted by atomic mass is 35.5. The molecule has 4 nitrogen and oxygen atoms in total. The van der Waals surface area contributed by atoms with Crippen LogP contribution in [-0.2, 0) is 17.9 Å². The van der Waals surface area contributed by atoms with Gasteiger partial charge in [0.15, 0.2) is 11.5 Å². The summed E-state index contributed by atoms with van der Waals surface area (Å²) in [6.45, 7) is 5.27. The van der Waals surface area contributed by atoms with E-state index in [1.165, 1.54) is 0 Å². The monoisotopic (exact) mass is 431 g/mol. The fourth-order valence-corrected chi connectivity index (χ4v) is 3.13. The summed E-state index contributed by atoms with van der Waals surface area (Å²) in [5, 5.41) is 5.11. The van der Waals surface area contributed by atoms with E-state index in [1.807, 2.05) is 19.1 Å². The van der Waals surface area contributed by atoms with Crippen LogP contribution in [0.3, 0.4) is 0 Å². The molecule has 0 radical (unpaired) electrons. The fourth-order valence-electron chi connectivity index (χ4n) is 2.45. The van der Waals surface area contributed by atoms with Crippen molar-refractivity contribution in [1.29, 1.82) is 0 Å². The molecule has 0 spiro atoms. The lowest BCUT2D eigenvalue weighted by molar-refractivity contribution is 0.144. The summed E-state index contributed by atoms with van der Waals surface area (Å²) in [5.41, 5.74) is 1.78. The molecule has 1 N–H and O–H groups in total. The molecule has 0 aliphatic carbocycles. The Hall–Kier alpha value is -1.17.